The van der Waals surface area contributed by atoms with E-state index in [-0.39, 0.29) is 0 Å². The fourth-order valence-electron chi connectivity index (χ4n) is 2.26. The van der Waals surface area contributed by atoms with Crippen LogP contribution in [-0.2, 0) is 6.42 Å². The highest BCUT2D eigenvalue weighted by Crippen LogP contribution is 2.15. The minimum atomic E-state index is 0.631. The predicted octanol–water partition coefficient (Wildman–Crippen LogP) is 4.01. The van der Waals surface area contributed by atoms with E-state index >= 15 is 0 Å². The van der Waals surface area contributed by atoms with Crippen molar-refractivity contribution in [1.82, 2.24) is 5.32 Å². The van der Waals surface area contributed by atoms with Crippen molar-refractivity contribution < 1.29 is 9.47 Å². The molecule has 0 spiro atoms. The molecular weight excluding hydrogens is 320 g/mol. The summed E-state index contributed by atoms with van der Waals surface area (Å²) in [7, 11) is 1.65. The van der Waals surface area contributed by atoms with Crippen LogP contribution in [0, 0.1) is 0 Å². The summed E-state index contributed by atoms with van der Waals surface area (Å²) in [5.74, 6) is 1.75. The number of hydrogen-bond donors (Lipinski definition) is 2. The second-order valence-corrected chi connectivity index (χ2v) is 5.70. The maximum Gasteiger partial charge on any atom is 0.170 e. The Morgan fingerprint density at radius 2 is 1.67 bits per heavy atom. The molecule has 2 rings (SSSR count). The van der Waals surface area contributed by atoms with Crippen molar-refractivity contribution in [2.75, 3.05) is 25.6 Å². The van der Waals surface area contributed by atoms with Crippen LogP contribution in [0.4, 0.5) is 5.69 Å². The van der Waals surface area contributed by atoms with E-state index in [9.17, 15) is 0 Å². The van der Waals surface area contributed by atoms with Crippen LogP contribution in [0.1, 0.15) is 18.9 Å². The summed E-state index contributed by atoms with van der Waals surface area (Å²) in [5.41, 5.74) is 2.24. The molecule has 2 N–H and O–H groups in total. The normalized spacial score (nSPS) is 10.1. The van der Waals surface area contributed by atoms with Crippen LogP contribution in [0.15, 0.2) is 48.5 Å². The van der Waals surface area contributed by atoms with Gasteiger partial charge in [0.25, 0.3) is 0 Å². The maximum atomic E-state index is 5.44. The monoisotopic (exact) mass is 344 g/mol. The van der Waals surface area contributed by atoms with Gasteiger partial charge in [-0.1, -0.05) is 12.1 Å². The van der Waals surface area contributed by atoms with Gasteiger partial charge in [-0.25, -0.2) is 0 Å². The lowest BCUT2D eigenvalue weighted by Gasteiger charge is -2.11. The molecule has 0 aliphatic carbocycles. The molecule has 0 aliphatic heterocycles. The van der Waals surface area contributed by atoms with E-state index in [0.29, 0.717) is 11.7 Å². The number of anilines is 1. The highest BCUT2D eigenvalue weighted by molar-refractivity contribution is 7.80. The summed E-state index contributed by atoms with van der Waals surface area (Å²) in [6.45, 7) is 3.51. The Morgan fingerprint density at radius 1 is 1.00 bits per heavy atom. The molecule has 0 bridgehead atoms. The van der Waals surface area contributed by atoms with E-state index in [0.717, 1.165) is 36.6 Å². The van der Waals surface area contributed by atoms with Crippen molar-refractivity contribution in [3.05, 3.63) is 54.1 Å². The van der Waals surface area contributed by atoms with Crippen LogP contribution >= 0.6 is 12.2 Å². The van der Waals surface area contributed by atoms with Crippen LogP contribution in [-0.4, -0.2) is 25.4 Å². The smallest absolute Gasteiger partial charge is 0.170 e. The first-order chi connectivity index (χ1) is 11.7. The third-order valence-corrected chi connectivity index (χ3v) is 3.76. The van der Waals surface area contributed by atoms with E-state index in [1.54, 1.807) is 7.11 Å². The Morgan fingerprint density at radius 3 is 2.29 bits per heavy atom. The third-order valence-electron chi connectivity index (χ3n) is 3.51. The van der Waals surface area contributed by atoms with Gasteiger partial charge in [-0.05, 0) is 73.9 Å². The van der Waals surface area contributed by atoms with Gasteiger partial charge >= 0.3 is 0 Å². The van der Waals surface area contributed by atoms with Crippen molar-refractivity contribution in [2.24, 2.45) is 0 Å². The summed E-state index contributed by atoms with van der Waals surface area (Å²) >= 11 is 5.30. The van der Waals surface area contributed by atoms with E-state index in [2.05, 4.69) is 22.8 Å². The number of hydrogen-bond acceptors (Lipinski definition) is 3. The molecule has 0 fully saturated rings. The summed E-state index contributed by atoms with van der Waals surface area (Å²) < 4.78 is 10.6. The molecular formula is C19H24N2O2S. The van der Waals surface area contributed by atoms with Crippen LogP contribution in [0.3, 0.4) is 0 Å². The van der Waals surface area contributed by atoms with Gasteiger partial charge in [-0.3, -0.25) is 0 Å². The first-order valence-electron chi connectivity index (χ1n) is 8.12. The predicted molar refractivity (Wildman–Crippen MR) is 103 cm³/mol. The van der Waals surface area contributed by atoms with Crippen LogP contribution in [0.25, 0.3) is 0 Å². The van der Waals surface area contributed by atoms with E-state index in [1.165, 1.54) is 5.56 Å². The first kappa shape index (κ1) is 18.1. The fourth-order valence-corrected chi connectivity index (χ4v) is 2.48. The lowest BCUT2D eigenvalue weighted by molar-refractivity contribution is 0.340. The minimum absolute atomic E-state index is 0.631. The number of aryl methyl sites for hydroxylation is 1. The standard InChI is InChI=1S/C19H24N2O2S/c1-3-23-18-10-6-15(7-11-18)5-4-14-20-19(24)21-16-8-12-17(22-2)13-9-16/h6-13H,3-5,14H2,1-2H3,(H2,20,21,24). The fraction of sp³-hybridized carbons (Fsp3) is 0.316. The van der Waals surface area contributed by atoms with E-state index < -0.39 is 0 Å². The van der Waals surface area contributed by atoms with E-state index in [4.69, 9.17) is 21.7 Å². The zero-order valence-electron chi connectivity index (χ0n) is 14.2. The maximum absolute atomic E-state index is 5.44. The number of benzene rings is 2. The number of ether oxygens (including phenoxy) is 2. The molecule has 0 aromatic heterocycles. The second kappa shape index (κ2) is 9.78. The van der Waals surface area contributed by atoms with Crippen molar-refractivity contribution in [1.29, 1.82) is 0 Å². The Bertz CT molecular complexity index is 627. The zero-order chi connectivity index (χ0) is 17.2. The minimum Gasteiger partial charge on any atom is -0.497 e. The Hall–Kier alpha value is -2.27. The molecule has 4 nitrogen and oxygen atoms in total. The zero-order valence-corrected chi connectivity index (χ0v) is 15.0. The van der Waals surface area contributed by atoms with Gasteiger partial charge in [0.2, 0.25) is 0 Å². The van der Waals surface area contributed by atoms with Gasteiger partial charge in [0.05, 0.1) is 13.7 Å². The molecule has 24 heavy (non-hydrogen) atoms. The summed E-state index contributed by atoms with van der Waals surface area (Å²) in [6.07, 6.45) is 2.02. The molecule has 0 unspecified atom stereocenters. The van der Waals surface area contributed by atoms with E-state index in [1.807, 2.05) is 43.3 Å². The number of methoxy groups -OCH3 is 1. The Kier molecular flexibility index (Phi) is 7.36. The van der Waals surface area contributed by atoms with Crippen LogP contribution < -0.4 is 20.1 Å². The van der Waals surface area contributed by atoms with Gasteiger partial charge in [0, 0.05) is 12.2 Å². The lowest BCUT2D eigenvalue weighted by atomic mass is 10.1. The van der Waals surface area contributed by atoms with Crippen LogP contribution in [0.2, 0.25) is 0 Å². The molecule has 0 saturated carbocycles. The molecule has 0 saturated heterocycles. The van der Waals surface area contributed by atoms with Gasteiger partial charge in [-0.15, -0.1) is 0 Å². The molecule has 0 aliphatic rings. The highest BCUT2D eigenvalue weighted by Gasteiger charge is 1.99. The summed E-state index contributed by atoms with van der Waals surface area (Å²) in [6, 6.07) is 15.9. The number of rotatable bonds is 8. The Labute approximate surface area is 149 Å². The van der Waals surface area contributed by atoms with Crippen molar-refractivity contribution in [3.8, 4) is 11.5 Å². The molecule has 0 heterocycles. The molecule has 0 radical (unpaired) electrons. The average Bonchev–Trinajstić information content (AvgIpc) is 2.61. The first-order valence-corrected chi connectivity index (χ1v) is 8.52. The second-order valence-electron chi connectivity index (χ2n) is 5.29. The number of thiocarbonyl (C=S) groups is 1. The highest BCUT2D eigenvalue weighted by atomic mass is 32.1. The molecule has 2 aromatic carbocycles. The van der Waals surface area contributed by atoms with Crippen LogP contribution in [0.5, 0.6) is 11.5 Å². The molecule has 128 valence electrons. The van der Waals surface area contributed by atoms with Gasteiger partial charge in [-0.2, -0.15) is 0 Å². The molecule has 0 atom stereocenters. The van der Waals surface area contributed by atoms with Crippen molar-refractivity contribution >= 4 is 23.0 Å². The van der Waals surface area contributed by atoms with Gasteiger partial charge in [0.1, 0.15) is 11.5 Å². The van der Waals surface area contributed by atoms with Gasteiger partial charge in [0.15, 0.2) is 5.11 Å². The molecule has 2 aromatic rings. The summed E-state index contributed by atoms with van der Waals surface area (Å²) in [5, 5.41) is 7.02. The van der Waals surface area contributed by atoms with Crippen molar-refractivity contribution in [2.45, 2.75) is 19.8 Å². The lowest BCUT2D eigenvalue weighted by Crippen LogP contribution is -2.29. The largest absolute Gasteiger partial charge is 0.497 e. The summed E-state index contributed by atoms with van der Waals surface area (Å²) in [4.78, 5) is 0. The number of nitrogens with one attached hydrogen (secondary N) is 2. The molecule has 5 heteroatoms. The topological polar surface area (TPSA) is 42.5 Å². The third kappa shape index (κ3) is 6.08. The molecule has 0 amide bonds. The Balaban J connectivity index is 1.66. The average molecular weight is 344 g/mol. The SMILES string of the molecule is CCOc1ccc(CCCNC(=S)Nc2ccc(OC)cc2)cc1. The quantitative estimate of drug-likeness (QED) is 0.559. The van der Waals surface area contributed by atoms with Crippen molar-refractivity contribution in [3.63, 3.8) is 0 Å². The van der Waals surface area contributed by atoms with Gasteiger partial charge < -0.3 is 20.1 Å².